The SMILES string of the molecule is CCN=C(NCC)NC(C)CCC(C)(C)C.I. The van der Waals surface area contributed by atoms with Crippen LogP contribution < -0.4 is 10.6 Å². The lowest BCUT2D eigenvalue weighted by atomic mass is 9.89. The molecule has 104 valence electrons. The maximum atomic E-state index is 4.39. The van der Waals surface area contributed by atoms with Crippen LogP contribution in [0.5, 0.6) is 0 Å². The quantitative estimate of drug-likeness (QED) is 0.451. The highest BCUT2D eigenvalue weighted by Crippen LogP contribution is 2.21. The molecule has 0 bridgehead atoms. The molecule has 1 unspecified atom stereocenters. The van der Waals surface area contributed by atoms with Crippen LogP contribution in [0.4, 0.5) is 0 Å². The molecule has 4 heteroatoms. The van der Waals surface area contributed by atoms with Crippen molar-refractivity contribution in [2.45, 2.75) is 60.4 Å². The van der Waals surface area contributed by atoms with Crippen LogP contribution in [0, 0.1) is 5.41 Å². The number of nitrogens with zero attached hydrogens (tertiary/aromatic N) is 1. The fourth-order valence-corrected chi connectivity index (χ4v) is 1.43. The van der Waals surface area contributed by atoms with Crippen LogP contribution in [0.1, 0.15) is 54.4 Å². The molecule has 0 aromatic carbocycles. The van der Waals surface area contributed by atoms with Crippen LogP contribution in [0.3, 0.4) is 0 Å². The molecule has 0 aliphatic rings. The number of guanidine groups is 1. The molecule has 17 heavy (non-hydrogen) atoms. The largest absolute Gasteiger partial charge is 0.357 e. The Morgan fingerprint density at radius 1 is 1.24 bits per heavy atom. The molecule has 0 amide bonds. The predicted molar refractivity (Wildman–Crippen MR) is 88.4 cm³/mol. The highest BCUT2D eigenvalue weighted by atomic mass is 127. The summed E-state index contributed by atoms with van der Waals surface area (Å²) in [5, 5.41) is 6.68. The average molecular weight is 355 g/mol. The van der Waals surface area contributed by atoms with Crippen LogP contribution in [0.15, 0.2) is 4.99 Å². The first-order valence-corrected chi connectivity index (χ1v) is 6.44. The third-order valence-corrected chi connectivity index (χ3v) is 2.37. The van der Waals surface area contributed by atoms with Gasteiger partial charge in [0.25, 0.3) is 0 Å². The van der Waals surface area contributed by atoms with Crippen molar-refractivity contribution in [2.75, 3.05) is 13.1 Å². The van der Waals surface area contributed by atoms with Crippen molar-refractivity contribution in [3.8, 4) is 0 Å². The number of nitrogens with one attached hydrogen (secondary N) is 2. The lowest BCUT2D eigenvalue weighted by Gasteiger charge is -2.23. The van der Waals surface area contributed by atoms with E-state index < -0.39 is 0 Å². The topological polar surface area (TPSA) is 36.4 Å². The second kappa shape index (κ2) is 9.97. The number of aliphatic imine (C=N–C) groups is 1. The van der Waals surface area contributed by atoms with E-state index in [2.05, 4.69) is 57.2 Å². The van der Waals surface area contributed by atoms with E-state index in [1.165, 1.54) is 12.8 Å². The standard InChI is InChI=1S/C13H29N3.HI/c1-7-14-12(15-8-2)16-11(3)9-10-13(4,5)6;/h11H,7-10H2,1-6H3,(H2,14,15,16);1H. The lowest BCUT2D eigenvalue weighted by molar-refractivity contribution is 0.346. The van der Waals surface area contributed by atoms with Gasteiger partial charge in [-0.25, -0.2) is 0 Å². The molecular formula is C13H30IN3. The van der Waals surface area contributed by atoms with E-state index in [0.717, 1.165) is 19.0 Å². The first kappa shape index (κ1) is 19.3. The third kappa shape index (κ3) is 12.2. The van der Waals surface area contributed by atoms with E-state index in [1.54, 1.807) is 0 Å². The van der Waals surface area contributed by atoms with Crippen molar-refractivity contribution in [2.24, 2.45) is 10.4 Å². The Balaban J connectivity index is 0. The molecule has 0 saturated heterocycles. The molecule has 0 rings (SSSR count). The van der Waals surface area contributed by atoms with Crippen LogP contribution >= 0.6 is 24.0 Å². The van der Waals surface area contributed by atoms with E-state index >= 15 is 0 Å². The molecule has 3 nitrogen and oxygen atoms in total. The molecular weight excluding hydrogens is 325 g/mol. The Hall–Kier alpha value is 0. The molecule has 1 atom stereocenters. The predicted octanol–water partition coefficient (Wildman–Crippen LogP) is 3.39. The first-order valence-electron chi connectivity index (χ1n) is 6.44. The molecule has 0 fully saturated rings. The Labute approximate surface area is 124 Å². The summed E-state index contributed by atoms with van der Waals surface area (Å²) in [6, 6.07) is 0.476. The molecule has 0 aliphatic heterocycles. The van der Waals surface area contributed by atoms with E-state index in [9.17, 15) is 0 Å². The van der Waals surface area contributed by atoms with Gasteiger partial charge in [-0.3, -0.25) is 4.99 Å². The summed E-state index contributed by atoms with van der Waals surface area (Å²) in [6.45, 7) is 14.9. The molecule has 0 saturated carbocycles. The minimum Gasteiger partial charge on any atom is -0.357 e. The molecule has 0 heterocycles. The van der Waals surface area contributed by atoms with Gasteiger partial charge in [0.1, 0.15) is 0 Å². The minimum absolute atomic E-state index is 0. The zero-order valence-corrected chi connectivity index (χ0v) is 14.6. The average Bonchev–Trinajstić information content (AvgIpc) is 2.14. The van der Waals surface area contributed by atoms with Crippen molar-refractivity contribution >= 4 is 29.9 Å². The van der Waals surface area contributed by atoms with Gasteiger partial charge in [0.05, 0.1) is 0 Å². The van der Waals surface area contributed by atoms with Crippen LogP contribution in [-0.2, 0) is 0 Å². The van der Waals surface area contributed by atoms with Gasteiger partial charge < -0.3 is 10.6 Å². The van der Waals surface area contributed by atoms with Crippen molar-refractivity contribution < 1.29 is 0 Å². The molecule has 2 N–H and O–H groups in total. The van der Waals surface area contributed by atoms with Crippen LogP contribution in [0.25, 0.3) is 0 Å². The van der Waals surface area contributed by atoms with Crippen molar-refractivity contribution in [3.63, 3.8) is 0 Å². The second-order valence-corrected chi connectivity index (χ2v) is 5.50. The summed E-state index contributed by atoms with van der Waals surface area (Å²) < 4.78 is 0. The van der Waals surface area contributed by atoms with Crippen LogP contribution in [0.2, 0.25) is 0 Å². The maximum absolute atomic E-state index is 4.39. The van der Waals surface area contributed by atoms with Gasteiger partial charge in [-0.15, -0.1) is 24.0 Å². The normalized spacial score (nSPS) is 13.9. The van der Waals surface area contributed by atoms with Crippen molar-refractivity contribution in [1.82, 2.24) is 10.6 Å². The minimum atomic E-state index is 0. The molecule has 0 aliphatic carbocycles. The summed E-state index contributed by atoms with van der Waals surface area (Å²) in [4.78, 5) is 4.39. The van der Waals surface area contributed by atoms with Crippen molar-refractivity contribution in [1.29, 1.82) is 0 Å². The van der Waals surface area contributed by atoms with Crippen LogP contribution in [-0.4, -0.2) is 25.1 Å². The smallest absolute Gasteiger partial charge is 0.191 e. The van der Waals surface area contributed by atoms with Gasteiger partial charge in [0.15, 0.2) is 5.96 Å². The molecule has 0 radical (unpaired) electrons. The Kier molecular flexibility index (Phi) is 11.3. The van der Waals surface area contributed by atoms with Gasteiger partial charge in [-0.05, 0) is 39.0 Å². The Bertz CT molecular complexity index is 209. The molecule has 0 aromatic heterocycles. The highest BCUT2D eigenvalue weighted by Gasteiger charge is 2.13. The summed E-state index contributed by atoms with van der Waals surface area (Å²) >= 11 is 0. The van der Waals surface area contributed by atoms with Gasteiger partial charge in [-0.1, -0.05) is 20.8 Å². The van der Waals surface area contributed by atoms with E-state index in [1.807, 2.05) is 0 Å². The number of rotatable bonds is 5. The fraction of sp³-hybridized carbons (Fsp3) is 0.923. The van der Waals surface area contributed by atoms with E-state index in [0.29, 0.717) is 11.5 Å². The van der Waals surface area contributed by atoms with E-state index in [4.69, 9.17) is 0 Å². The van der Waals surface area contributed by atoms with Gasteiger partial charge in [0, 0.05) is 19.1 Å². The highest BCUT2D eigenvalue weighted by molar-refractivity contribution is 14.0. The maximum Gasteiger partial charge on any atom is 0.191 e. The Morgan fingerprint density at radius 2 is 1.82 bits per heavy atom. The fourth-order valence-electron chi connectivity index (χ4n) is 1.43. The third-order valence-electron chi connectivity index (χ3n) is 2.37. The van der Waals surface area contributed by atoms with E-state index in [-0.39, 0.29) is 24.0 Å². The molecule has 0 aromatic rings. The number of hydrogen-bond donors (Lipinski definition) is 2. The van der Waals surface area contributed by atoms with Gasteiger partial charge >= 0.3 is 0 Å². The monoisotopic (exact) mass is 355 g/mol. The lowest BCUT2D eigenvalue weighted by Crippen LogP contribution is -2.42. The zero-order chi connectivity index (χ0) is 12.6. The zero-order valence-electron chi connectivity index (χ0n) is 12.3. The molecule has 0 spiro atoms. The van der Waals surface area contributed by atoms with Gasteiger partial charge in [0.2, 0.25) is 0 Å². The number of halogens is 1. The summed E-state index contributed by atoms with van der Waals surface area (Å²) in [5.74, 6) is 0.936. The summed E-state index contributed by atoms with van der Waals surface area (Å²) in [7, 11) is 0. The summed E-state index contributed by atoms with van der Waals surface area (Å²) in [5.41, 5.74) is 0.413. The Morgan fingerprint density at radius 3 is 2.24 bits per heavy atom. The number of hydrogen-bond acceptors (Lipinski definition) is 1. The van der Waals surface area contributed by atoms with Gasteiger partial charge in [-0.2, -0.15) is 0 Å². The second-order valence-electron chi connectivity index (χ2n) is 5.50. The van der Waals surface area contributed by atoms with Crippen molar-refractivity contribution in [3.05, 3.63) is 0 Å². The summed E-state index contributed by atoms with van der Waals surface area (Å²) in [6.07, 6.45) is 2.41. The first-order chi connectivity index (χ1) is 7.39.